The second kappa shape index (κ2) is 5.21. The van der Waals surface area contributed by atoms with Gasteiger partial charge in [-0.3, -0.25) is 4.79 Å². The van der Waals surface area contributed by atoms with Crippen LogP contribution in [0, 0.1) is 13.8 Å². The molecule has 2 aromatic rings. The zero-order valence-electron chi connectivity index (χ0n) is 11.9. The third-order valence-electron chi connectivity index (χ3n) is 3.97. The maximum atomic E-state index is 12.2. The van der Waals surface area contributed by atoms with Gasteiger partial charge in [-0.2, -0.15) is 5.10 Å². The van der Waals surface area contributed by atoms with Gasteiger partial charge < -0.3 is 5.32 Å². The number of rotatable bonds is 2. The largest absolute Gasteiger partial charge is 0.312 e. The first-order valence-corrected chi connectivity index (χ1v) is 7.01. The smallest absolute Gasteiger partial charge is 0.267 e. The van der Waals surface area contributed by atoms with Crippen molar-refractivity contribution in [2.45, 2.75) is 33.4 Å². The maximum Gasteiger partial charge on any atom is 0.267 e. The lowest BCUT2D eigenvalue weighted by Crippen LogP contribution is -2.32. The lowest BCUT2D eigenvalue weighted by atomic mass is 10.0. The molecule has 1 aromatic carbocycles. The monoisotopic (exact) mass is 269 g/mol. The predicted molar refractivity (Wildman–Crippen MR) is 78.9 cm³/mol. The highest BCUT2D eigenvalue weighted by Crippen LogP contribution is 2.14. The van der Waals surface area contributed by atoms with Crippen LogP contribution in [0.4, 0.5) is 0 Å². The summed E-state index contributed by atoms with van der Waals surface area (Å²) < 4.78 is 1.60. The fourth-order valence-corrected chi connectivity index (χ4v) is 2.72. The van der Waals surface area contributed by atoms with Gasteiger partial charge in [0.25, 0.3) is 5.56 Å². The van der Waals surface area contributed by atoms with E-state index in [1.807, 2.05) is 6.07 Å². The molecule has 3 rings (SSSR count). The van der Waals surface area contributed by atoms with Gasteiger partial charge in [0.1, 0.15) is 0 Å². The molecule has 4 nitrogen and oxygen atoms in total. The molecule has 0 spiro atoms. The summed E-state index contributed by atoms with van der Waals surface area (Å²) in [5.41, 5.74) is 5.68. The zero-order chi connectivity index (χ0) is 14.1. The molecule has 0 radical (unpaired) electrons. The van der Waals surface area contributed by atoms with Crippen LogP contribution in [-0.2, 0) is 19.5 Å². The number of aryl methyl sites for hydroxylation is 2. The van der Waals surface area contributed by atoms with Crippen molar-refractivity contribution in [3.8, 4) is 0 Å². The Labute approximate surface area is 118 Å². The van der Waals surface area contributed by atoms with E-state index in [0.717, 1.165) is 30.8 Å². The molecule has 0 unspecified atom stereocenters. The molecule has 1 N–H and O–H groups in total. The number of benzene rings is 1. The summed E-state index contributed by atoms with van der Waals surface area (Å²) in [6, 6.07) is 7.93. The van der Waals surface area contributed by atoms with Crippen LogP contribution in [0.25, 0.3) is 0 Å². The molecular weight excluding hydrogens is 250 g/mol. The molecule has 0 atom stereocenters. The first-order chi connectivity index (χ1) is 9.65. The molecule has 0 aliphatic carbocycles. The average Bonchev–Trinajstić information content (AvgIpc) is 2.43. The van der Waals surface area contributed by atoms with Gasteiger partial charge in [0.05, 0.1) is 12.2 Å². The molecule has 104 valence electrons. The summed E-state index contributed by atoms with van der Waals surface area (Å²) in [6.07, 6.45) is 0.891. The van der Waals surface area contributed by atoms with Crippen LogP contribution in [0.5, 0.6) is 0 Å². The highest BCUT2D eigenvalue weighted by Gasteiger charge is 2.13. The third-order valence-corrected chi connectivity index (χ3v) is 3.97. The van der Waals surface area contributed by atoms with Crippen molar-refractivity contribution >= 4 is 0 Å². The Bertz CT molecular complexity index is 683. The molecule has 0 fully saturated rings. The van der Waals surface area contributed by atoms with E-state index in [4.69, 9.17) is 0 Å². The minimum atomic E-state index is -0.0184. The molecular formula is C16H19N3O. The molecule has 4 heteroatoms. The summed E-state index contributed by atoms with van der Waals surface area (Å²) in [5.74, 6) is 0. The Morgan fingerprint density at radius 1 is 1.30 bits per heavy atom. The molecule has 1 aliphatic heterocycles. The molecule has 0 amide bonds. The Balaban J connectivity index is 2.01. The Hall–Kier alpha value is -1.94. The van der Waals surface area contributed by atoms with Crippen LogP contribution >= 0.6 is 0 Å². The second-order valence-corrected chi connectivity index (χ2v) is 5.41. The second-order valence-electron chi connectivity index (χ2n) is 5.41. The van der Waals surface area contributed by atoms with Crippen LogP contribution < -0.4 is 10.9 Å². The van der Waals surface area contributed by atoms with Gasteiger partial charge in [0.2, 0.25) is 0 Å². The van der Waals surface area contributed by atoms with E-state index in [9.17, 15) is 4.79 Å². The van der Waals surface area contributed by atoms with Crippen LogP contribution in [-0.4, -0.2) is 16.3 Å². The molecule has 2 heterocycles. The number of aromatic nitrogens is 2. The highest BCUT2D eigenvalue weighted by atomic mass is 16.1. The van der Waals surface area contributed by atoms with Crippen LogP contribution in [0.15, 0.2) is 29.1 Å². The minimum Gasteiger partial charge on any atom is -0.312 e. The third kappa shape index (κ3) is 2.39. The molecule has 0 bridgehead atoms. The lowest BCUT2D eigenvalue weighted by Gasteiger charge is -2.18. The van der Waals surface area contributed by atoms with Crippen molar-refractivity contribution < 1.29 is 0 Å². The zero-order valence-corrected chi connectivity index (χ0v) is 11.9. The maximum absolute atomic E-state index is 12.2. The SMILES string of the molecule is Cc1cccc(C)c1Cn1nc2c(cc1=O)CNCC2. The Morgan fingerprint density at radius 3 is 2.80 bits per heavy atom. The van der Waals surface area contributed by atoms with E-state index in [1.54, 1.807) is 10.7 Å². The van der Waals surface area contributed by atoms with Gasteiger partial charge in [0.15, 0.2) is 0 Å². The number of hydrogen-bond donors (Lipinski definition) is 1. The average molecular weight is 269 g/mol. The topological polar surface area (TPSA) is 46.9 Å². The normalized spacial score (nSPS) is 14.1. The summed E-state index contributed by atoms with van der Waals surface area (Å²) in [4.78, 5) is 12.2. The van der Waals surface area contributed by atoms with E-state index in [-0.39, 0.29) is 5.56 Å². The molecule has 0 saturated heterocycles. The van der Waals surface area contributed by atoms with Crippen LogP contribution in [0.3, 0.4) is 0 Å². The van der Waals surface area contributed by atoms with Gasteiger partial charge in [-0.1, -0.05) is 18.2 Å². The van der Waals surface area contributed by atoms with Gasteiger partial charge >= 0.3 is 0 Å². The molecule has 0 saturated carbocycles. The van der Waals surface area contributed by atoms with E-state index < -0.39 is 0 Å². The van der Waals surface area contributed by atoms with Crippen molar-refractivity contribution in [3.63, 3.8) is 0 Å². The van der Waals surface area contributed by atoms with Crippen molar-refractivity contribution in [2.24, 2.45) is 0 Å². The molecule has 1 aliphatic rings. The van der Waals surface area contributed by atoms with Gasteiger partial charge in [0, 0.05) is 25.6 Å². The fourth-order valence-electron chi connectivity index (χ4n) is 2.72. The van der Waals surface area contributed by atoms with E-state index in [0.29, 0.717) is 6.54 Å². The van der Waals surface area contributed by atoms with E-state index in [1.165, 1.54) is 16.7 Å². The summed E-state index contributed by atoms with van der Waals surface area (Å²) in [7, 11) is 0. The van der Waals surface area contributed by atoms with E-state index >= 15 is 0 Å². The predicted octanol–water partition coefficient (Wildman–Crippen LogP) is 1.55. The van der Waals surface area contributed by atoms with Crippen molar-refractivity contribution in [1.29, 1.82) is 0 Å². The standard InChI is InChI=1S/C16H19N3O/c1-11-4-3-5-12(2)14(11)10-19-16(20)8-13-9-17-7-6-15(13)18-19/h3-5,8,17H,6-7,9-10H2,1-2H3. The number of fused-ring (bicyclic) bond motifs is 1. The van der Waals surface area contributed by atoms with Gasteiger partial charge in [-0.05, 0) is 36.1 Å². The number of nitrogens with one attached hydrogen (secondary N) is 1. The summed E-state index contributed by atoms with van der Waals surface area (Å²) >= 11 is 0. The van der Waals surface area contributed by atoms with Gasteiger partial charge in [-0.15, -0.1) is 0 Å². The fraction of sp³-hybridized carbons (Fsp3) is 0.375. The van der Waals surface area contributed by atoms with Crippen molar-refractivity contribution in [1.82, 2.24) is 15.1 Å². The summed E-state index contributed by atoms with van der Waals surface area (Å²) in [5, 5.41) is 7.82. The van der Waals surface area contributed by atoms with Crippen LogP contribution in [0.2, 0.25) is 0 Å². The highest BCUT2D eigenvalue weighted by molar-refractivity contribution is 5.33. The van der Waals surface area contributed by atoms with Gasteiger partial charge in [-0.25, -0.2) is 4.68 Å². The molecule has 20 heavy (non-hydrogen) atoms. The minimum absolute atomic E-state index is 0.0184. The van der Waals surface area contributed by atoms with E-state index in [2.05, 4.69) is 36.4 Å². The number of nitrogens with zero attached hydrogens (tertiary/aromatic N) is 2. The summed E-state index contributed by atoms with van der Waals surface area (Å²) in [6.45, 7) is 6.40. The number of hydrogen-bond acceptors (Lipinski definition) is 3. The van der Waals surface area contributed by atoms with Crippen LogP contribution in [0.1, 0.15) is 27.9 Å². The molecule has 1 aromatic heterocycles. The Morgan fingerprint density at radius 2 is 2.05 bits per heavy atom. The lowest BCUT2D eigenvalue weighted by molar-refractivity contribution is 0.561. The van der Waals surface area contributed by atoms with Crippen molar-refractivity contribution in [3.05, 3.63) is 62.6 Å². The Kier molecular flexibility index (Phi) is 3.40. The first-order valence-electron chi connectivity index (χ1n) is 7.01. The van der Waals surface area contributed by atoms with Crippen molar-refractivity contribution in [2.75, 3.05) is 6.54 Å². The quantitative estimate of drug-likeness (QED) is 0.900. The first kappa shape index (κ1) is 13.1.